The zero-order chi connectivity index (χ0) is 11.7. The van der Waals surface area contributed by atoms with E-state index < -0.39 is 0 Å². The van der Waals surface area contributed by atoms with Crippen molar-refractivity contribution in [1.29, 1.82) is 0 Å². The Morgan fingerprint density at radius 2 is 1.82 bits per heavy atom. The molecule has 0 amide bonds. The third-order valence-electron chi connectivity index (χ3n) is 2.95. The van der Waals surface area contributed by atoms with Crippen LogP contribution in [-0.2, 0) is 9.53 Å². The van der Waals surface area contributed by atoms with E-state index in [0.717, 1.165) is 16.3 Å². The Morgan fingerprint density at radius 1 is 1.00 bits per heavy atom. The lowest BCUT2D eigenvalue weighted by atomic mass is 10.0. The smallest absolute Gasteiger partial charge is 0.162 e. The maximum Gasteiger partial charge on any atom is 0.162 e. The summed E-state index contributed by atoms with van der Waals surface area (Å²) in [7, 11) is 0. The van der Waals surface area contributed by atoms with E-state index in [0.29, 0.717) is 18.8 Å². The molecule has 2 aromatic carbocycles. The van der Waals surface area contributed by atoms with Crippen molar-refractivity contribution in [2.24, 2.45) is 0 Å². The van der Waals surface area contributed by atoms with Crippen LogP contribution in [0.2, 0.25) is 0 Å². The van der Waals surface area contributed by atoms with Gasteiger partial charge in [0.05, 0.1) is 6.61 Å². The van der Waals surface area contributed by atoms with Crippen LogP contribution in [0.5, 0.6) is 0 Å². The van der Waals surface area contributed by atoms with E-state index in [9.17, 15) is 4.79 Å². The van der Waals surface area contributed by atoms with Gasteiger partial charge in [-0.25, -0.2) is 0 Å². The van der Waals surface area contributed by atoms with Crippen molar-refractivity contribution in [2.75, 3.05) is 6.61 Å². The highest BCUT2D eigenvalue weighted by molar-refractivity contribution is 6.01. The summed E-state index contributed by atoms with van der Waals surface area (Å²) in [5.74, 6) is 0.831. The predicted molar refractivity (Wildman–Crippen MR) is 67.5 cm³/mol. The molecule has 0 fully saturated rings. The second kappa shape index (κ2) is 4.06. The van der Waals surface area contributed by atoms with E-state index in [-0.39, 0.29) is 5.78 Å². The number of ketones is 1. The summed E-state index contributed by atoms with van der Waals surface area (Å²) in [4.78, 5) is 11.4. The number of allylic oxidation sites excluding steroid dienone is 1. The van der Waals surface area contributed by atoms with Crippen LogP contribution < -0.4 is 0 Å². The number of rotatable bonds is 1. The minimum atomic E-state index is 0.138. The van der Waals surface area contributed by atoms with E-state index in [4.69, 9.17) is 4.74 Å². The van der Waals surface area contributed by atoms with Gasteiger partial charge in [-0.2, -0.15) is 0 Å². The van der Waals surface area contributed by atoms with Crippen LogP contribution in [0.25, 0.3) is 16.5 Å². The fourth-order valence-electron chi connectivity index (χ4n) is 2.12. The summed E-state index contributed by atoms with van der Waals surface area (Å²) < 4.78 is 5.58. The molecule has 0 bridgehead atoms. The topological polar surface area (TPSA) is 26.3 Å². The van der Waals surface area contributed by atoms with Gasteiger partial charge in [-0.05, 0) is 10.8 Å². The summed E-state index contributed by atoms with van der Waals surface area (Å²) in [6, 6.07) is 14.2. The van der Waals surface area contributed by atoms with Crippen LogP contribution in [-0.4, -0.2) is 12.4 Å². The Labute approximate surface area is 99.5 Å². The maximum absolute atomic E-state index is 11.4. The van der Waals surface area contributed by atoms with Gasteiger partial charge in [-0.3, -0.25) is 4.79 Å². The lowest BCUT2D eigenvalue weighted by molar-refractivity contribution is -0.115. The minimum Gasteiger partial charge on any atom is -0.492 e. The SMILES string of the molecule is O=C1C=C(c2cccc3ccccc23)OCC1. The van der Waals surface area contributed by atoms with Crippen molar-refractivity contribution in [3.05, 3.63) is 54.1 Å². The number of ether oxygens (including phenoxy) is 1. The zero-order valence-corrected chi connectivity index (χ0v) is 9.35. The molecule has 0 N–H and O–H groups in total. The van der Waals surface area contributed by atoms with Gasteiger partial charge in [-0.1, -0.05) is 42.5 Å². The third-order valence-corrected chi connectivity index (χ3v) is 2.95. The van der Waals surface area contributed by atoms with Crippen molar-refractivity contribution in [1.82, 2.24) is 0 Å². The number of hydrogen-bond donors (Lipinski definition) is 0. The van der Waals surface area contributed by atoms with Gasteiger partial charge >= 0.3 is 0 Å². The van der Waals surface area contributed by atoms with Gasteiger partial charge in [0, 0.05) is 18.1 Å². The zero-order valence-electron chi connectivity index (χ0n) is 9.35. The lowest BCUT2D eigenvalue weighted by Crippen LogP contribution is -2.09. The first kappa shape index (κ1) is 10.1. The number of benzene rings is 2. The molecular formula is C15H12O2. The quantitative estimate of drug-likeness (QED) is 0.743. The highest BCUT2D eigenvalue weighted by atomic mass is 16.5. The molecule has 0 atom stereocenters. The van der Waals surface area contributed by atoms with Crippen LogP contribution in [0.1, 0.15) is 12.0 Å². The Hall–Kier alpha value is -2.09. The van der Waals surface area contributed by atoms with Crippen molar-refractivity contribution in [3.63, 3.8) is 0 Å². The first-order valence-electron chi connectivity index (χ1n) is 5.70. The summed E-state index contributed by atoms with van der Waals surface area (Å²) in [6.07, 6.45) is 2.08. The Bertz CT molecular complexity index is 606. The molecule has 0 radical (unpaired) electrons. The second-order valence-electron chi connectivity index (χ2n) is 4.10. The molecular weight excluding hydrogens is 212 g/mol. The van der Waals surface area contributed by atoms with Crippen LogP contribution in [0.3, 0.4) is 0 Å². The fourth-order valence-corrected chi connectivity index (χ4v) is 2.12. The number of fused-ring (bicyclic) bond motifs is 1. The Morgan fingerprint density at radius 3 is 2.71 bits per heavy atom. The first-order valence-corrected chi connectivity index (χ1v) is 5.70. The highest BCUT2D eigenvalue weighted by Crippen LogP contribution is 2.27. The molecule has 0 saturated carbocycles. The van der Waals surface area contributed by atoms with Gasteiger partial charge in [0.2, 0.25) is 0 Å². The highest BCUT2D eigenvalue weighted by Gasteiger charge is 2.14. The standard InChI is InChI=1S/C15H12O2/c16-12-8-9-17-15(10-12)14-7-3-5-11-4-1-2-6-13(11)14/h1-7,10H,8-9H2. The minimum absolute atomic E-state index is 0.138. The molecule has 2 heteroatoms. The van der Waals surface area contributed by atoms with Gasteiger partial charge in [0.1, 0.15) is 5.76 Å². The van der Waals surface area contributed by atoms with Gasteiger partial charge in [0.15, 0.2) is 5.78 Å². The summed E-state index contributed by atoms with van der Waals surface area (Å²) >= 11 is 0. The van der Waals surface area contributed by atoms with E-state index in [1.807, 2.05) is 30.3 Å². The normalized spacial score (nSPS) is 15.5. The largest absolute Gasteiger partial charge is 0.492 e. The molecule has 2 aromatic rings. The van der Waals surface area contributed by atoms with Gasteiger partial charge in [0.25, 0.3) is 0 Å². The molecule has 0 spiro atoms. The third kappa shape index (κ3) is 1.82. The van der Waals surface area contributed by atoms with Crippen molar-refractivity contribution < 1.29 is 9.53 Å². The first-order chi connectivity index (χ1) is 8.34. The van der Waals surface area contributed by atoms with E-state index in [1.165, 1.54) is 0 Å². The molecule has 3 rings (SSSR count). The van der Waals surface area contributed by atoms with Crippen LogP contribution in [0, 0.1) is 0 Å². The monoisotopic (exact) mass is 224 g/mol. The van der Waals surface area contributed by atoms with Crippen molar-refractivity contribution in [3.8, 4) is 0 Å². The molecule has 0 aliphatic carbocycles. The van der Waals surface area contributed by atoms with Crippen LogP contribution in [0.15, 0.2) is 48.5 Å². The average Bonchev–Trinajstić information content (AvgIpc) is 2.38. The second-order valence-corrected chi connectivity index (χ2v) is 4.10. The van der Waals surface area contributed by atoms with Gasteiger partial charge in [-0.15, -0.1) is 0 Å². The summed E-state index contributed by atoms with van der Waals surface area (Å²) in [6.45, 7) is 0.480. The maximum atomic E-state index is 11.4. The Kier molecular flexibility index (Phi) is 2.41. The molecule has 17 heavy (non-hydrogen) atoms. The van der Waals surface area contributed by atoms with Crippen molar-refractivity contribution >= 4 is 22.3 Å². The molecule has 1 heterocycles. The van der Waals surface area contributed by atoms with E-state index in [1.54, 1.807) is 6.08 Å². The molecule has 0 unspecified atom stereocenters. The van der Waals surface area contributed by atoms with Crippen LogP contribution in [0.4, 0.5) is 0 Å². The lowest BCUT2D eigenvalue weighted by Gasteiger charge is -2.16. The predicted octanol–water partition coefficient (Wildman–Crippen LogP) is 3.17. The molecule has 0 saturated heterocycles. The number of hydrogen-bond acceptors (Lipinski definition) is 2. The van der Waals surface area contributed by atoms with E-state index >= 15 is 0 Å². The number of carbonyl (C=O) groups is 1. The van der Waals surface area contributed by atoms with Crippen molar-refractivity contribution in [2.45, 2.75) is 6.42 Å². The molecule has 2 nitrogen and oxygen atoms in total. The molecule has 84 valence electrons. The molecule has 1 aliphatic heterocycles. The summed E-state index contributed by atoms with van der Waals surface area (Å²) in [5.41, 5.74) is 0.996. The summed E-state index contributed by atoms with van der Waals surface area (Å²) in [5, 5.41) is 2.28. The molecule has 0 aromatic heterocycles. The number of carbonyl (C=O) groups excluding carboxylic acids is 1. The molecule has 1 aliphatic rings. The fraction of sp³-hybridized carbons (Fsp3) is 0.133. The van der Waals surface area contributed by atoms with Crippen LogP contribution >= 0.6 is 0 Å². The van der Waals surface area contributed by atoms with E-state index in [2.05, 4.69) is 12.1 Å². The van der Waals surface area contributed by atoms with Gasteiger partial charge < -0.3 is 4.74 Å². The Balaban J connectivity index is 2.20. The average molecular weight is 224 g/mol.